The Balaban J connectivity index is 1.51. The molecule has 3 aromatic rings. The Morgan fingerprint density at radius 2 is 1.66 bits per heavy atom. The average Bonchev–Trinajstić information content (AvgIpc) is 3.06. The van der Waals surface area contributed by atoms with Crippen LogP contribution >= 0.6 is 23.2 Å². The molecular formula is C20H18Cl2N2O4S. The van der Waals surface area contributed by atoms with Crippen LogP contribution in [0.25, 0.3) is 11.0 Å². The predicted octanol–water partition coefficient (Wildman–Crippen LogP) is 4.19. The van der Waals surface area contributed by atoms with Crippen LogP contribution in [-0.4, -0.2) is 49.7 Å². The molecule has 1 saturated heterocycles. The van der Waals surface area contributed by atoms with E-state index in [9.17, 15) is 13.2 Å². The second-order valence-electron chi connectivity index (χ2n) is 6.82. The highest BCUT2D eigenvalue weighted by atomic mass is 35.5. The molecule has 0 N–H and O–H groups in total. The fourth-order valence-corrected chi connectivity index (χ4v) is 5.20. The smallest absolute Gasteiger partial charge is 0.289 e. The van der Waals surface area contributed by atoms with Crippen molar-refractivity contribution in [3.63, 3.8) is 0 Å². The Labute approximate surface area is 178 Å². The summed E-state index contributed by atoms with van der Waals surface area (Å²) >= 11 is 12.0. The minimum absolute atomic E-state index is 0.185. The molecule has 152 valence electrons. The number of fused-ring (bicyclic) bond motifs is 1. The summed E-state index contributed by atoms with van der Waals surface area (Å²) in [6, 6.07) is 11.4. The lowest BCUT2D eigenvalue weighted by atomic mass is 10.1. The molecule has 0 aliphatic carbocycles. The van der Waals surface area contributed by atoms with Crippen LogP contribution in [0.15, 0.2) is 51.8 Å². The summed E-state index contributed by atoms with van der Waals surface area (Å²) in [5.74, 6) is -0.0274. The van der Waals surface area contributed by atoms with Gasteiger partial charge in [0.1, 0.15) is 0 Å². The summed E-state index contributed by atoms with van der Waals surface area (Å²) in [6.45, 7) is 2.77. The van der Waals surface area contributed by atoms with Crippen LogP contribution < -0.4 is 0 Å². The number of piperazine rings is 1. The van der Waals surface area contributed by atoms with Crippen molar-refractivity contribution in [3.05, 3.63) is 63.8 Å². The second-order valence-corrected chi connectivity index (χ2v) is 9.60. The summed E-state index contributed by atoms with van der Waals surface area (Å²) in [6.07, 6.45) is 0. The van der Waals surface area contributed by atoms with Gasteiger partial charge in [-0.2, -0.15) is 4.31 Å². The van der Waals surface area contributed by atoms with Crippen molar-refractivity contribution in [1.82, 2.24) is 9.21 Å². The van der Waals surface area contributed by atoms with Crippen LogP contribution in [0.1, 0.15) is 16.1 Å². The van der Waals surface area contributed by atoms with Crippen LogP contribution in [0.5, 0.6) is 0 Å². The van der Waals surface area contributed by atoms with E-state index in [0.29, 0.717) is 15.6 Å². The number of furan rings is 1. The fraction of sp³-hybridized carbons (Fsp3) is 0.250. The number of nitrogens with zero attached hydrogens (tertiary/aromatic N) is 2. The number of para-hydroxylation sites is 1. The quantitative estimate of drug-likeness (QED) is 0.596. The number of hydrogen-bond donors (Lipinski definition) is 0. The minimum Gasteiger partial charge on any atom is -0.449 e. The summed E-state index contributed by atoms with van der Waals surface area (Å²) in [4.78, 5) is 14.8. The van der Waals surface area contributed by atoms with Gasteiger partial charge in [-0.05, 0) is 37.3 Å². The molecular weight excluding hydrogens is 435 g/mol. The molecule has 1 amide bonds. The van der Waals surface area contributed by atoms with Gasteiger partial charge in [-0.1, -0.05) is 35.3 Å². The Bertz CT molecular complexity index is 1180. The molecule has 0 saturated carbocycles. The molecule has 0 spiro atoms. The third-order valence-electron chi connectivity index (χ3n) is 5.09. The highest BCUT2D eigenvalue weighted by Crippen LogP contribution is 2.31. The van der Waals surface area contributed by atoms with Crippen molar-refractivity contribution >= 4 is 50.1 Å². The first kappa shape index (κ1) is 20.2. The Morgan fingerprint density at radius 1 is 1.00 bits per heavy atom. The van der Waals surface area contributed by atoms with Crippen LogP contribution in [-0.2, 0) is 10.0 Å². The fourth-order valence-electron chi connectivity index (χ4n) is 3.44. The van der Waals surface area contributed by atoms with Crippen LogP contribution in [0.3, 0.4) is 0 Å². The molecule has 6 nitrogen and oxygen atoms in total. The number of rotatable bonds is 3. The average molecular weight is 453 g/mol. The van der Waals surface area contributed by atoms with E-state index >= 15 is 0 Å². The van der Waals surface area contributed by atoms with Gasteiger partial charge >= 0.3 is 0 Å². The van der Waals surface area contributed by atoms with Gasteiger partial charge in [0.15, 0.2) is 11.3 Å². The molecule has 9 heteroatoms. The second kappa shape index (κ2) is 7.65. The van der Waals surface area contributed by atoms with E-state index in [4.69, 9.17) is 27.6 Å². The molecule has 0 unspecified atom stereocenters. The van der Waals surface area contributed by atoms with E-state index in [1.165, 1.54) is 16.4 Å². The highest BCUT2D eigenvalue weighted by Gasteiger charge is 2.32. The normalized spacial score (nSPS) is 15.8. The monoisotopic (exact) mass is 452 g/mol. The lowest BCUT2D eigenvalue weighted by molar-refractivity contribution is 0.0667. The predicted molar refractivity (Wildman–Crippen MR) is 112 cm³/mol. The minimum atomic E-state index is -3.63. The third kappa shape index (κ3) is 3.64. The molecule has 2 heterocycles. The van der Waals surface area contributed by atoms with Crippen LogP contribution in [0.2, 0.25) is 10.0 Å². The summed E-state index contributed by atoms with van der Waals surface area (Å²) in [5, 5.41) is 1.72. The number of benzene rings is 2. The molecule has 1 aliphatic heterocycles. The largest absolute Gasteiger partial charge is 0.449 e. The van der Waals surface area contributed by atoms with Crippen molar-refractivity contribution in [1.29, 1.82) is 0 Å². The molecule has 29 heavy (non-hydrogen) atoms. The van der Waals surface area contributed by atoms with Crippen LogP contribution in [0.4, 0.5) is 0 Å². The van der Waals surface area contributed by atoms with E-state index < -0.39 is 10.0 Å². The molecule has 1 aliphatic rings. The van der Waals surface area contributed by atoms with Gasteiger partial charge in [0, 0.05) is 42.2 Å². The first-order valence-corrected chi connectivity index (χ1v) is 11.2. The number of amides is 1. The number of carbonyl (C=O) groups excluding carboxylic acids is 1. The van der Waals surface area contributed by atoms with E-state index in [0.717, 1.165) is 10.9 Å². The molecule has 1 aromatic heterocycles. The van der Waals surface area contributed by atoms with E-state index in [2.05, 4.69) is 0 Å². The molecule has 2 aromatic carbocycles. The van der Waals surface area contributed by atoms with Gasteiger partial charge in [0.2, 0.25) is 10.0 Å². The maximum atomic E-state index is 13.0. The van der Waals surface area contributed by atoms with Gasteiger partial charge in [-0.15, -0.1) is 0 Å². The Morgan fingerprint density at radius 3 is 2.28 bits per heavy atom. The summed E-state index contributed by atoms with van der Waals surface area (Å²) in [7, 11) is -3.63. The van der Waals surface area contributed by atoms with Gasteiger partial charge in [0.25, 0.3) is 5.91 Å². The van der Waals surface area contributed by atoms with E-state index in [1.54, 1.807) is 23.1 Å². The number of sulfonamides is 1. The molecule has 4 rings (SSSR count). The van der Waals surface area contributed by atoms with Crippen molar-refractivity contribution in [3.8, 4) is 0 Å². The molecule has 0 radical (unpaired) electrons. The number of carbonyl (C=O) groups is 1. The SMILES string of the molecule is Cc1c(C(=O)N2CCN(S(=O)(=O)c3ccc(Cl)cc3)CC2)oc2c(Cl)cccc12. The molecule has 1 fully saturated rings. The van der Waals surface area contributed by atoms with Crippen LogP contribution in [0, 0.1) is 6.92 Å². The standard InChI is InChI=1S/C20H18Cl2N2O4S/c1-13-16-3-2-4-17(22)19(16)28-18(13)20(25)23-9-11-24(12-10-23)29(26,27)15-7-5-14(21)6-8-15/h2-8H,9-12H2,1H3. The first-order valence-electron chi connectivity index (χ1n) is 9.01. The third-order valence-corrected chi connectivity index (χ3v) is 7.55. The molecule has 0 bridgehead atoms. The van der Waals surface area contributed by atoms with Gasteiger partial charge in [-0.25, -0.2) is 8.42 Å². The van der Waals surface area contributed by atoms with E-state index in [1.807, 2.05) is 19.1 Å². The summed E-state index contributed by atoms with van der Waals surface area (Å²) < 4.78 is 32.7. The van der Waals surface area contributed by atoms with Crippen molar-refractivity contribution in [2.24, 2.45) is 0 Å². The zero-order chi connectivity index (χ0) is 20.8. The first-order chi connectivity index (χ1) is 13.8. The number of hydrogen-bond acceptors (Lipinski definition) is 4. The Hall–Kier alpha value is -2.06. The van der Waals surface area contributed by atoms with Gasteiger partial charge in [-0.3, -0.25) is 4.79 Å². The van der Waals surface area contributed by atoms with Gasteiger partial charge < -0.3 is 9.32 Å². The van der Waals surface area contributed by atoms with Crippen molar-refractivity contribution in [2.75, 3.05) is 26.2 Å². The van der Waals surface area contributed by atoms with Crippen molar-refractivity contribution < 1.29 is 17.6 Å². The zero-order valence-corrected chi connectivity index (χ0v) is 17.9. The van der Waals surface area contributed by atoms with E-state index in [-0.39, 0.29) is 42.7 Å². The van der Waals surface area contributed by atoms with Gasteiger partial charge in [0.05, 0.1) is 9.92 Å². The van der Waals surface area contributed by atoms with Crippen molar-refractivity contribution in [2.45, 2.75) is 11.8 Å². The summed E-state index contributed by atoms with van der Waals surface area (Å²) in [5.41, 5.74) is 1.21. The maximum absolute atomic E-state index is 13.0. The lowest BCUT2D eigenvalue weighted by Gasteiger charge is -2.33. The number of halogens is 2. The maximum Gasteiger partial charge on any atom is 0.289 e. The highest BCUT2D eigenvalue weighted by molar-refractivity contribution is 7.89. The Kier molecular flexibility index (Phi) is 5.33. The number of aryl methyl sites for hydroxylation is 1. The lowest BCUT2D eigenvalue weighted by Crippen LogP contribution is -2.50. The zero-order valence-electron chi connectivity index (χ0n) is 15.6. The topological polar surface area (TPSA) is 70.8 Å². The molecule has 0 atom stereocenters.